The highest BCUT2D eigenvalue weighted by atomic mass is 35.5. The number of aliphatic hydroxyl groups excluding tert-OH is 1. The molecule has 4 rings (SSSR count). The number of para-hydroxylation sites is 1. The van der Waals surface area contributed by atoms with Crippen molar-refractivity contribution in [3.05, 3.63) is 48.0 Å². The summed E-state index contributed by atoms with van der Waals surface area (Å²) in [5.41, 5.74) is 3.93. The molecule has 0 saturated carbocycles. The third kappa shape index (κ3) is 3.35. The first-order valence-corrected chi connectivity index (χ1v) is 9.40. The summed E-state index contributed by atoms with van der Waals surface area (Å²) < 4.78 is 2.39. The van der Waals surface area contributed by atoms with Crippen LogP contribution < -0.4 is 5.32 Å². The van der Waals surface area contributed by atoms with Crippen LogP contribution >= 0.6 is 12.4 Å². The Hall–Kier alpha value is -1.59. The third-order valence-corrected chi connectivity index (χ3v) is 5.49. The van der Waals surface area contributed by atoms with E-state index < -0.39 is 0 Å². The predicted molar refractivity (Wildman–Crippen MR) is 111 cm³/mol. The Morgan fingerprint density at radius 1 is 1.04 bits per heavy atom. The first-order chi connectivity index (χ1) is 12.3. The molecule has 1 fully saturated rings. The molecule has 1 aromatic heterocycles. The smallest absolute Gasteiger partial charge is 0.0491 e. The number of aliphatic hydroxyl groups is 1. The molecule has 0 bridgehead atoms. The van der Waals surface area contributed by atoms with Crippen molar-refractivity contribution < 1.29 is 5.11 Å². The van der Waals surface area contributed by atoms with Crippen LogP contribution in [0.5, 0.6) is 0 Å². The summed E-state index contributed by atoms with van der Waals surface area (Å²) in [5, 5.41) is 15.7. The molecule has 1 atom stereocenters. The number of fused-ring (bicyclic) bond motifs is 3. The second kappa shape index (κ2) is 8.40. The van der Waals surface area contributed by atoms with Crippen molar-refractivity contribution in [2.45, 2.75) is 25.9 Å². The van der Waals surface area contributed by atoms with Gasteiger partial charge in [0, 0.05) is 67.2 Å². The summed E-state index contributed by atoms with van der Waals surface area (Å²) >= 11 is 0. The van der Waals surface area contributed by atoms with Crippen LogP contribution in [0.15, 0.2) is 42.5 Å². The van der Waals surface area contributed by atoms with Gasteiger partial charge in [0.25, 0.3) is 0 Å². The summed E-state index contributed by atoms with van der Waals surface area (Å²) in [6, 6.07) is 15.8. The molecule has 1 aliphatic rings. The number of halogens is 1. The molecular formula is C21H28ClN3O. The number of aryl methyl sites for hydroxylation is 1. The van der Waals surface area contributed by atoms with Crippen LogP contribution in [0.2, 0.25) is 0 Å². The molecule has 0 spiro atoms. The van der Waals surface area contributed by atoms with Crippen molar-refractivity contribution in [2.75, 3.05) is 32.8 Å². The average molecular weight is 374 g/mol. The van der Waals surface area contributed by atoms with E-state index in [-0.39, 0.29) is 19.0 Å². The van der Waals surface area contributed by atoms with Crippen molar-refractivity contribution in [3.8, 4) is 0 Å². The quantitative estimate of drug-likeness (QED) is 0.718. The Bertz CT molecular complexity index is 870. The fourth-order valence-electron chi connectivity index (χ4n) is 4.30. The SMILES string of the molecule is CCn1c2ccccc2c2cc([C@@H](CCO)N3CCNCC3)ccc21.Cl. The van der Waals surface area contributed by atoms with Gasteiger partial charge in [0.1, 0.15) is 0 Å². The second-order valence-corrected chi connectivity index (χ2v) is 6.85. The lowest BCUT2D eigenvalue weighted by Crippen LogP contribution is -2.45. The van der Waals surface area contributed by atoms with Gasteiger partial charge in [-0.25, -0.2) is 0 Å². The lowest BCUT2D eigenvalue weighted by Gasteiger charge is -2.35. The van der Waals surface area contributed by atoms with Gasteiger partial charge in [-0.1, -0.05) is 24.3 Å². The Labute approximate surface area is 161 Å². The van der Waals surface area contributed by atoms with E-state index in [0.29, 0.717) is 6.04 Å². The van der Waals surface area contributed by atoms with Crippen molar-refractivity contribution in [2.24, 2.45) is 0 Å². The molecule has 26 heavy (non-hydrogen) atoms. The largest absolute Gasteiger partial charge is 0.396 e. The van der Waals surface area contributed by atoms with Crippen LogP contribution in [0.25, 0.3) is 21.8 Å². The molecule has 1 saturated heterocycles. The van der Waals surface area contributed by atoms with E-state index in [2.05, 4.69) is 64.2 Å². The van der Waals surface area contributed by atoms with E-state index in [1.54, 1.807) is 0 Å². The van der Waals surface area contributed by atoms with Crippen molar-refractivity contribution in [3.63, 3.8) is 0 Å². The number of nitrogens with one attached hydrogen (secondary N) is 1. The molecule has 0 radical (unpaired) electrons. The Morgan fingerprint density at radius 2 is 1.77 bits per heavy atom. The molecule has 2 N–H and O–H groups in total. The van der Waals surface area contributed by atoms with Gasteiger partial charge in [-0.15, -0.1) is 12.4 Å². The molecule has 1 aliphatic heterocycles. The molecular weight excluding hydrogens is 346 g/mol. The van der Waals surface area contributed by atoms with Crippen LogP contribution in [-0.4, -0.2) is 47.4 Å². The highest BCUT2D eigenvalue weighted by molar-refractivity contribution is 6.08. The van der Waals surface area contributed by atoms with Gasteiger partial charge in [-0.2, -0.15) is 0 Å². The van der Waals surface area contributed by atoms with Crippen LogP contribution in [0.3, 0.4) is 0 Å². The van der Waals surface area contributed by atoms with Gasteiger partial charge in [0.15, 0.2) is 0 Å². The van der Waals surface area contributed by atoms with Crippen LogP contribution in [0.4, 0.5) is 0 Å². The maximum atomic E-state index is 9.61. The Kier molecular flexibility index (Phi) is 6.20. The topological polar surface area (TPSA) is 40.4 Å². The van der Waals surface area contributed by atoms with Gasteiger partial charge in [0.2, 0.25) is 0 Å². The lowest BCUT2D eigenvalue weighted by molar-refractivity contribution is 0.141. The maximum Gasteiger partial charge on any atom is 0.0491 e. The fourth-order valence-corrected chi connectivity index (χ4v) is 4.30. The summed E-state index contributed by atoms with van der Waals surface area (Å²) in [4.78, 5) is 2.51. The minimum atomic E-state index is 0. The summed E-state index contributed by atoms with van der Waals surface area (Å²) in [5.74, 6) is 0. The molecule has 0 unspecified atom stereocenters. The van der Waals surface area contributed by atoms with Crippen LogP contribution in [0.1, 0.15) is 24.9 Å². The van der Waals surface area contributed by atoms with E-state index in [1.807, 2.05) is 0 Å². The number of aromatic nitrogens is 1. The number of rotatable bonds is 5. The first-order valence-electron chi connectivity index (χ1n) is 9.40. The summed E-state index contributed by atoms with van der Waals surface area (Å²) in [6.07, 6.45) is 0.790. The van der Waals surface area contributed by atoms with Gasteiger partial charge in [-0.3, -0.25) is 4.90 Å². The molecule has 0 aliphatic carbocycles. The minimum absolute atomic E-state index is 0. The average Bonchev–Trinajstić information content (AvgIpc) is 3.00. The summed E-state index contributed by atoms with van der Waals surface area (Å²) in [7, 11) is 0. The zero-order chi connectivity index (χ0) is 17.2. The lowest BCUT2D eigenvalue weighted by atomic mass is 9.99. The first kappa shape index (κ1) is 19.2. The highest BCUT2D eigenvalue weighted by Crippen LogP contribution is 2.33. The number of hydrogen-bond acceptors (Lipinski definition) is 3. The highest BCUT2D eigenvalue weighted by Gasteiger charge is 2.22. The molecule has 4 nitrogen and oxygen atoms in total. The zero-order valence-electron chi connectivity index (χ0n) is 15.3. The van der Waals surface area contributed by atoms with Crippen LogP contribution in [0, 0.1) is 0 Å². The fraction of sp³-hybridized carbons (Fsp3) is 0.429. The molecule has 140 valence electrons. The van der Waals surface area contributed by atoms with Crippen molar-refractivity contribution in [1.82, 2.24) is 14.8 Å². The molecule has 2 heterocycles. The molecule has 5 heteroatoms. The molecule has 0 amide bonds. The van der Waals surface area contributed by atoms with E-state index in [0.717, 1.165) is 39.1 Å². The predicted octanol–water partition coefficient (Wildman–Crippen LogP) is 3.56. The zero-order valence-corrected chi connectivity index (χ0v) is 16.1. The summed E-state index contributed by atoms with van der Waals surface area (Å²) in [6.45, 7) is 7.54. The normalized spacial score (nSPS) is 16.7. The second-order valence-electron chi connectivity index (χ2n) is 6.85. The number of piperazine rings is 1. The van der Waals surface area contributed by atoms with E-state index in [9.17, 15) is 5.11 Å². The Morgan fingerprint density at radius 3 is 2.50 bits per heavy atom. The van der Waals surface area contributed by atoms with Crippen molar-refractivity contribution >= 4 is 34.2 Å². The number of hydrogen-bond donors (Lipinski definition) is 2. The monoisotopic (exact) mass is 373 g/mol. The molecule has 2 aromatic carbocycles. The van der Waals surface area contributed by atoms with Crippen molar-refractivity contribution in [1.29, 1.82) is 0 Å². The standard InChI is InChI=1S/C21H27N3O.ClH/c1-2-24-20-6-4-3-5-17(20)18-15-16(7-8-21(18)24)19(9-14-25)23-12-10-22-11-13-23;/h3-8,15,19,22,25H,2,9-14H2,1H3;1H/t19-;/m1./s1. The Balaban J connectivity index is 0.00000196. The van der Waals surface area contributed by atoms with E-state index >= 15 is 0 Å². The molecule has 3 aromatic rings. The van der Waals surface area contributed by atoms with Crippen LogP contribution in [-0.2, 0) is 6.54 Å². The minimum Gasteiger partial charge on any atom is -0.396 e. The maximum absolute atomic E-state index is 9.61. The number of benzene rings is 2. The van der Waals surface area contributed by atoms with Gasteiger partial charge in [0.05, 0.1) is 0 Å². The third-order valence-electron chi connectivity index (χ3n) is 5.49. The van der Waals surface area contributed by atoms with Gasteiger partial charge in [-0.05, 0) is 37.1 Å². The van der Waals surface area contributed by atoms with E-state index in [4.69, 9.17) is 0 Å². The number of nitrogens with zero attached hydrogens (tertiary/aromatic N) is 2. The van der Waals surface area contributed by atoms with Gasteiger partial charge < -0.3 is 15.0 Å². The van der Waals surface area contributed by atoms with E-state index in [1.165, 1.54) is 27.4 Å². The van der Waals surface area contributed by atoms with Gasteiger partial charge >= 0.3 is 0 Å².